The monoisotopic (exact) mass is 269 g/mol. The van der Waals surface area contributed by atoms with Crippen molar-refractivity contribution in [3.05, 3.63) is 52.3 Å². The van der Waals surface area contributed by atoms with E-state index in [1.54, 1.807) is 17.8 Å². The van der Waals surface area contributed by atoms with Crippen molar-refractivity contribution in [2.24, 2.45) is 0 Å². The molecule has 0 radical (unpaired) electrons. The molecule has 0 aliphatic heterocycles. The van der Waals surface area contributed by atoms with E-state index in [1.807, 2.05) is 6.92 Å². The first-order valence-electron chi connectivity index (χ1n) is 6.02. The number of hydrogen-bond acceptors (Lipinski definition) is 4. The van der Waals surface area contributed by atoms with Gasteiger partial charge in [0.25, 0.3) is 0 Å². The van der Waals surface area contributed by atoms with Gasteiger partial charge in [-0.2, -0.15) is 5.26 Å². The third-order valence-electron chi connectivity index (χ3n) is 2.60. The fourth-order valence-electron chi connectivity index (χ4n) is 1.96. The summed E-state index contributed by atoms with van der Waals surface area (Å²) >= 11 is 1.56. The van der Waals surface area contributed by atoms with E-state index < -0.39 is 0 Å². The number of hydrogen-bond donors (Lipinski definition) is 0. The van der Waals surface area contributed by atoms with E-state index >= 15 is 0 Å². The van der Waals surface area contributed by atoms with E-state index in [-0.39, 0.29) is 0 Å². The second-order valence-corrected chi connectivity index (χ2v) is 5.52. The average molecular weight is 269 g/mol. The smallest absolute Gasteiger partial charge is 0.189 e. The zero-order valence-corrected chi connectivity index (χ0v) is 12.1. The SMILES string of the molecule is Cc1cc(C)cc(CSc2nc(C)cc(C#N)n2)c1. The molecule has 1 aromatic heterocycles. The van der Waals surface area contributed by atoms with Crippen LogP contribution >= 0.6 is 11.8 Å². The van der Waals surface area contributed by atoms with Crippen molar-refractivity contribution in [1.29, 1.82) is 5.26 Å². The number of aromatic nitrogens is 2. The quantitative estimate of drug-likeness (QED) is 0.631. The molecule has 0 bridgehead atoms. The second-order valence-electron chi connectivity index (χ2n) is 4.57. The molecule has 2 rings (SSSR count). The summed E-state index contributed by atoms with van der Waals surface area (Å²) in [6.07, 6.45) is 0. The van der Waals surface area contributed by atoms with Crippen LogP contribution in [-0.2, 0) is 5.75 Å². The lowest BCUT2D eigenvalue weighted by Crippen LogP contribution is -1.94. The van der Waals surface area contributed by atoms with E-state index in [2.05, 4.69) is 48.1 Å². The first kappa shape index (κ1) is 13.6. The average Bonchev–Trinajstić information content (AvgIpc) is 2.34. The molecular formula is C15H15N3S. The van der Waals surface area contributed by atoms with E-state index in [9.17, 15) is 0 Å². The molecule has 0 amide bonds. The van der Waals surface area contributed by atoms with Gasteiger partial charge >= 0.3 is 0 Å². The van der Waals surface area contributed by atoms with Gasteiger partial charge < -0.3 is 0 Å². The Hall–Kier alpha value is -1.86. The Morgan fingerprint density at radius 1 is 1.05 bits per heavy atom. The van der Waals surface area contributed by atoms with Crippen LogP contribution in [-0.4, -0.2) is 9.97 Å². The summed E-state index contributed by atoms with van der Waals surface area (Å²) in [6, 6.07) is 10.2. The van der Waals surface area contributed by atoms with Crippen molar-refractivity contribution < 1.29 is 0 Å². The van der Waals surface area contributed by atoms with Crippen LogP contribution < -0.4 is 0 Å². The highest BCUT2D eigenvalue weighted by atomic mass is 32.2. The Bertz CT molecular complexity index is 624. The summed E-state index contributed by atoms with van der Waals surface area (Å²) < 4.78 is 0. The van der Waals surface area contributed by atoms with Gasteiger partial charge in [0.15, 0.2) is 5.16 Å². The summed E-state index contributed by atoms with van der Waals surface area (Å²) in [4.78, 5) is 8.55. The molecule has 4 heteroatoms. The van der Waals surface area contributed by atoms with Crippen LogP contribution in [0, 0.1) is 32.1 Å². The number of rotatable bonds is 3. The highest BCUT2D eigenvalue weighted by Crippen LogP contribution is 2.21. The molecule has 0 saturated carbocycles. The lowest BCUT2D eigenvalue weighted by molar-refractivity contribution is 0.919. The van der Waals surface area contributed by atoms with Crippen LogP contribution in [0.2, 0.25) is 0 Å². The Labute approximate surface area is 117 Å². The van der Waals surface area contributed by atoms with Crippen molar-refractivity contribution >= 4 is 11.8 Å². The van der Waals surface area contributed by atoms with Gasteiger partial charge in [-0.3, -0.25) is 0 Å². The molecule has 1 heterocycles. The van der Waals surface area contributed by atoms with Crippen LogP contribution in [0.5, 0.6) is 0 Å². The minimum Gasteiger partial charge on any atom is -0.228 e. The molecule has 0 N–H and O–H groups in total. The minimum absolute atomic E-state index is 0.426. The minimum atomic E-state index is 0.426. The summed E-state index contributed by atoms with van der Waals surface area (Å²) in [6.45, 7) is 6.07. The molecule has 19 heavy (non-hydrogen) atoms. The van der Waals surface area contributed by atoms with Crippen LogP contribution in [0.3, 0.4) is 0 Å². The summed E-state index contributed by atoms with van der Waals surface area (Å²) in [5, 5.41) is 9.56. The molecular weight excluding hydrogens is 254 g/mol. The maximum atomic E-state index is 8.89. The van der Waals surface area contributed by atoms with Crippen LogP contribution in [0.4, 0.5) is 0 Å². The molecule has 0 saturated heterocycles. The first-order chi connectivity index (χ1) is 9.06. The topological polar surface area (TPSA) is 49.6 Å². The van der Waals surface area contributed by atoms with Gasteiger partial charge in [-0.25, -0.2) is 9.97 Å². The van der Waals surface area contributed by atoms with Crippen molar-refractivity contribution in [1.82, 2.24) is 9.97 Å². The van der Waals surface area contributed by atoms with E-state index in [0.717, 1.165) is 11.4 Å². The van der Waals surface area contributed by atoms with Crippen LogP contribution in [0.15, 0.2) is 29.4 Å². The molecule has 0 atom stereocenters. The third kappa shape index (κ3) is 3.80. The molecule has 0 aliphatic carbocycles. The first-order valence-corrected chi connectivity index (χ1v) is 7.01. The highest BCUT2D eigenvalue weighted by molar-refractivity contribution is 7.98. The van der Waals surface area contributed by atoms with Gasteiger partial charge in [-0.1, -0.05) is 41.1 Å². The van der Waals surface area contributed by atoms with Gasteiger partial charge in [-0.05, 0) is 32.4 Å². The summed E-state index contributed by atoms with van der Waals surface area (Å²) in [7, 11) is 0. The molecule has 0 unspecified atom stereocenters. The second kappa shape index (κ2) is 5.85. The number of nitrogens with zero attached hydrogens (tertiary/aromatic N) is 3. The fraction of sp³-hybridized carbons (Fsp3) is 0.267. The summed E-state index contributed by atoms with van der Waals surface area (Å²) in [5.74, 6) is 0.816. The number of thioether (sulfide) groups is 1. The van der Waals surface area contributed by atoms with Crippen LogP contribution in [0.1, 0.15) is 28.1 Å². The lowest BCUT2D eigenvalue weighted by atomic mass is 10.1. The molecule has 3 nitrogen and oxygen atoms in total. The maximum absolute atomic E-state index is 8.89. The Morgan fingerprint density at radius 2 is 1.74 bits per heavy atom. The van der Waals surface area contributed by atoms with Crippen molar-refractivity contribution in [3.63, 3.8) is 0 Å². The van der Waals surface area contributed by atoms with Gasteiger partial charge in [-0.15, -0.1) is 0 Å². The predicted molar refractivity (Wildman–Crippen MR) is 77.0 cm³/mol. The van der Waals surface area contributed by atoms with Crippen molar-refractivity contribution in [3.8, 4) is 6.07 Å². The molecule has 0 spiro atoms. The maximum Gasteiger partial charge on any atom is 0.189 e. The number of nitriles is 1. The lowest BCUT2D eigenvalue weighted by Gasteiger charge is -2.05. The highest BCUT2D eigenvalue weighted by Gasteiger charge is 2.04. The normalized spacial score (nSPS) is 10.2. The zero-order valence-electron chi connectivity index (χ0n) is 11.3. The largest absolute Gasteiger partial charge is 0.228 e. The number of benzene rings is 1. The van der Waals surface area contributed by atoms with E-state index in [4.69, 9.17) is 5.26 Å². The zero-order chi connectivity index (χ0) is 13.8. The number of aryl methyl sites for hydroxylation is 3. The molecule has 0 aliphatic rings. The van der Waals surface area contributed by atoms with Gasteiger partial charge in [0.2, 0.25) is 0 Å². The third-order valence-corrected chi connectivity index (χ3v) is 3.52. The summed E-state index contributed by atoms with van der Waals surface area (Å²) in [5.41, 5.74) is 5.04. The van der Waals surface area contributed by atoms with Gasteiger partial charge in [0.1, 0.15) is 11.8 Å². The Morgan fingerprint density at radius 3 is 2.37 bits per heavy atom. The fourth-order valence-corrected chi connectivity index (χ4v) is 2.80. The Balaban J connectivity index is 2.14. The standard InChI is InChI=1S/C15H15N3S/c1-10-4-11(2)6-13(5-10)9-19-15-17-12(3)7-14(8-16)18-15/h4-7H,9H2,1-3H3. The van der Waals surface area contributed by atoms with Crippen LogP contribution in [0.25, 0.3) is 0 Å². The van der Waals surface area contributed by atoms with E-state index in [1.165, 1.54) is 16.7 Å². The van der Waals surface area contributed by atoms with Crippen molar-refractivity contribution in [2.75, 3.05) is 0 Å². The van der Waals surface area contributed by atoms with Crippen molar-refractivity contribution in [2.45, 2.75) is 31.7 Å². The molecule has 0 fully saturated rings. The molecule has 96 valence electrons. The Kier molecular flexibility index (Phi) is 4.18. The predicted octanol–water partition coefficient (Wildman–Crippen LogP) is 3.57. The van der Waals surface area contributed by atoms with Gasteiger partial charge in [0, 0.05) is 11.4 Å². The molecule has 2 aromatic rings. The van der Waals surface area contributed by atoms with E-state index in [0.29, 0.717) is 10.9 Å². The van der Waals surface area contributed by atoms with Gasteiger partial charge in [0.05, 0.1) is 0 Å². The molecule has 1 aromatic carbocycles.